The number of aryl methyl sites for hydroxylation is 1. The van der Waals surface area contributed by atoms with Crippen molar-refractivity contribution in [2.45, 2.75) is 26.3 Å². The Labute approximate surface area is 157 Å². The van der Waals surface area contributed by atoms with E-state index < -0.39 is 5.54 Å². The number of nitrogens with one attached hydrogen (secondary N) is 1. The molecule has 0 unspecified atom stereocenters. The molecule has 2 N–H and O–H groups in total. The quantitative estimate of drug-likeness (QED) is 0.739. The van der Waals surface area contributed by atoms with Crippen LogP contribution < -0.4 is 10.1 Å². The summed E-state index contributed by atoms with van der Waals surface area (Å²) < 4.78 is 7.68. The van der Waals surface area contributed by atoms with Gasteiger partial charge in [0, 0.05) is 11.8 Å². The van der Waals surface area contributed by atoms with E-state index in [1.807, 2.05) is 51.2 Å². The van der Waals surface area contributed by atoms with E-state index >= 15 is 0 Å². The summed E-state index contributed by atoms with van der Waals surface area (Å²) >= 11 is 0. The number of fused-ring (bicyclic) bond motifs is 2. The summed E-state index contributed by atoms with van der Waals surface area (Å²) in [7, 11) is 0. The second kappa shape index (κ2) is 6.25. The van der Waals surface area contributed by atoms with Crippen LogP contribution in [0, 0.1) is 6.92 Å². The minimum atomic E-state index is -0.496. The van der Waals surface area contributed by atoms with E-state index in [0.717, 1.165) is 16.7 Å². The molecule has 27 heavy (non-hydrogen) atoms. The van der Waals surface area contributed by atoms with Crippen LogP contribution in [0.1, 0.15) is 29.8 Å². The summed E-state index contributed by atoms with van der Waals surface area (Å²) in [4.78, 5) is 12.7. The Kier molecular flexibility index (Phi) is 4.00. The molecule has 0 aliphatic carbocycles. The first-order chi connectivity index (χ1) is 12.9. The fourth-order valence-electron chi connectivity index (χ4n) is 2.99. The van der Waals surface area contributed by atoms with Crippen molar-refractivity contribution in [3.8, 4) is 22.6 Å². The van der Waals surface area contributed by atoms with E-state index in [1.165, 1.54) is 0 Å². The Balaban J connectivity index is 1.72. The SMILES string of the molecule is Cc1ccc2c(c1)NC(=O)c1cc(-c3cnn(C(C)(C)CO)c3)ccc1O2. The van der Waals surface area contributed by atoms with Crippen molar-refractivity contribution in [3.05, 3.63) is 59.9 Å². The summed E-state index contributed by atoms with van der Waals surface area (Å²) in [6, 6.07) is 11.2. The molecular weight excluding hydrogens is 342 g/mol. The standard InChI is InChI=1S/C21H21N3O3/c1-13-4-6-19-17(8-13)23-20(26)16-9-14(5-7-18(16)27-19)15-10-22-24(11-15)21(2,3)12-25/h4-11,25H,12H2,1-3H3,(H,23,26). The van der Waals surface area contributed by atoms with Gasteiger partial charge in [-0.05, 0) is 56.2 Å². The van der Waals surface area contributed by atoms with E-state index in [4.69, 9.17) is 4.74 Å². The molecule has 1 aliphatic heterocycles. The molecule has 2 aromatic carbocycles. The minimum absolute atomic E-state index is 0.0216. The molecule has 2 heterocycles. The van der Waals surface area contributed by atoms with Crippen LogP contribution in [0.15, 0.2) is 48.8 Å². The molecule has 1 amide bonds. The Bertz CT molecular complexity index is 1040. The molecule has 0 bridgehead atoms. The average molecular weight is 363 g/mol. The number of amides is 1. The number of aliphatic hydroxyl groups excluding tert-OH is 1. The monoisotopic (exact) mass is 363 g/mol. The van der Waals surface area contributed by atoms with Gasteiger partial charge in [0.2, 0.25) is 0 Å². The van der Waals surface area contributed by atoms with Gasteiger partial charge in [0.05, 0.1) is 29.6 Å². The molecular formula is C21H21N3O3. The fraction of sp³-hybridized carbons (Fsp3) is 0.238. The zero-order valence-corrected chi connectivity index (χ0v) is 15.5. The molecule has 6 heteroatoms. The first-order valence-electron chi connectivity index (χ1n) is 8.78. The molecule has 0 saturated heterocycles. The third kappa shape index (κ3) is 3.08. The van der Waals surface area contributed by atoms with Crippen LogP contribution in [-0.2, 0) is 5.54 Å². The Morgan fingerprint density at radius 1 is 1.15 bits per heavy atom. The highest BCUT2D eigenvalue weighted by atomic mass is 16.5. The minimum Gasteiger partial charge on any atom is -0.454 e. The lowest BCUT2D eigenvalue weighted by Crippen LogP contribution is -2.30. The van der Waals surface area contributed by atoms with Crippen molar-refractivity contribution < 1.29 is 14.6 Å². The van der Waals surface area contributed by atoms with Crippen molar-refractivity contribution in [1.82, 2.24) is 9.78 Å². The van der Waals surface area contributed by atoms with Crippen LogP contribution in [0.25, 0.3) is 11.1 Å². The van der Waals surface area contributed by atoms with E-state index in [9.17, 15) is 9.90 Å². The van der Waals surface area contributed by atoms with Gasteiger partial charge < -0.3 is 15.2 Å². The number of hydrogen-bond donors (Lipinski definition) is 2. The molecule has 4 rings (SSSR count). The third-order valence-electron chi connectivity index (χ3n) is 4.75. The highest BCUT2D eigenvalue weighted by Gasteiger charge is 2.23. The number of benzene rings is 2. The third-order valence-corrected chi connectivity index (χ3v) is 4.75. The predicted octanol–water partition coefficient (Wildman–Crippen LogP) is 3.94. The summed E-state index contributed by atoms with van der Waals surface area (Å²) in [5, 5.41) is 16.8. The van der Waals surface area contributed by atoms with Gasteiger partial charge in [-0.25, -0.2) is 0 Å². The van der Waals surface area contributed by atoms with Gasteiger partial charge in [0.1, 0.15) is 5.75 Å². The van der Waals surface area contributed by atoms with Crippen LogP contribution in [0.2, 0.25) is 0 Å². The summed E-state index contributed by atoms with van der Waals surface area (Å²) in [6.07, 6.45) is 3.60. The maximum Gasteiger partial charge on any atom is 0.259 e. The van der Waals surface area contributed by atoms with Gasteiger partial charge in [0.25, 0.3) is 5.91 Å². The van der Waals surface area contributed by atoms with E-state index in [2.05, 4.69) is 10.4 Å². The molecule has 6 nitrogen and oxygen atoms in total. The van der Waals surface area contributed by atoms with Crippen LogP contribution >= 0.6 is 0 Å². The molecule has 0 fully saturated rings. The molecule has 1 aromatic heterocycles. The lowest BCUT2D eigenvalue weighted by molar-refractivity contribution is 0.102. The van der Waals surface area contributed by atoms with Crippen molar-refractivity contribution in [3.63, 3.8) is 0 Å². The first-order valence-corrected chi connectivity index (χ1v) is 8.78. The largest absolute Gasteiger partial charge is 0.454 e. The van der Waals surface area contributed by atoms with Gasteiger partial charge in [-0.2, -0.15) is 5.10 Å². The van der Waals surface area contributed by atoms with Crippen LogP contribution in [0.4, 0.5) is 5.69 Å². The molecule has 138 valence electrons. The van der Waals surface area contributed by atoms with Crippen LogP contribution in [0.3, 0.4) is 0 Å². The zero-order valence-electron chi connectivity index (χ0n) is 15.5. The van der Waals surface area contributed by atoms with Gasteiger partial charge in [-0.15, -0.1) is 0 Å². The lowest BCUT2D eigenvalue weighted by Gasteiger charge is -2.22. The van der Waals surface area contributed by atoms with Gasteiger partial charge >= 0.3 is 0 Å². The summed E-state index contributed by atoms with van der Waals surface area (Å²) in [6.45, 7) is 5.75. The van der Waals surface area contributed by atoms with Gasteiger partial charge in [0.15, 0.2) is 5.75 Å². The molecule has 0 radical (unpaired) electrons. The molecule has 1 aliphatic rings. The van der Waals surface area contributed by atoms with Crippen molar-refractivity contribution in [2.24, 2.45) is 0 Å². The number of rotatable bonds is 3. The normalized spacial score (nSPS) is 13.3. The zero-order chi connectivity index (χ0) is 19.2. The smallest absolute Gasteiger partial charge is 0.259 e. The van der Waals surface area contributed by atoms with Gasteiger partial charge in [-0.3, -0.25) is 9.48 Å². The average Bonchev–Trinajstić information content (AvgIpc) is 3.10. The number of carbonyl (C=O) groups excluding carboxylic acids is 1. The molecule has 0 spiro atoms. The number of aromatic nitrogens is 2. The summed E-state index contributed by atoms with van der Waals surface area (Å²) in [5.41, 5.74) is 3.40. The van der Waals surface area contributed by atoms with Gasteiger partial charge in [-0.1, -0.05) is 12.1 Å². The second-order valence-corrected chi connectivity index (χ2v) is 7.41. The van der Waals surface area contributed by atoms with Crippen molar-refractivity contribution in [2.75, 3.05) is 11.9 Å². The summed E-state index contributed by atoms with van der Waals surface area (Å²) in [5.74, 6) is 0.930. The maximum absolute atomic E-state index is 12.7. The number of ether oxygens (including phenoxy) is 1. The highest BCUT2D eigenvalue weighted by molar-refractivity contribution is 6.08. The number of carbonyl (C=O) groups is 1. The Morgan fingerprint density at radius 3 is 2.70 bits per heavy atom. The number of nitrogens with zero attached hydrogens (tertiary/aromatic N) is 2. The van der Waals surface area contributed by atoms with Crippen LogP contribution in [-0.4, -0.2) is 27.4 Å². The first kappa shape index (κ1) is 17.3. The molecule has 0 saturated carbocycles. The van der Waals surface area contributed by atoms with Crippen molar-refractivity contribution in [1.29, 1.82) is 0 Å². The Morgan fingerprint density at radius 2 is 1.93 bits per heavy atom. The topological polar surface area (TPSA) is 76.4 Å². The van der Waals surface area contributed by atoms with Crippen LogP contribution in [0.5, 0.6) is 11.5 Å². The lowest BCUT2D eigenvalue weighted by atomic mass is 10.0. The van der Waals surface area contributed by atoms with E-state index in [-0.39, 0.29) is 12.5 Å². The molecule has 0 atom stereocenters. The Hall–Kier alpha value is -3.12. The number of anilines is 1. The molecule has 3 aromatic rings. The second-order valence-electron chi connectivity index (χ2n) is 7.41. The highest BCUT2D eigenvalue weighted by Crippen LogP contribution is 2.37. The van der Waals surface area contributed by atoms with E-state index in [1.54, 1.807) is 23.0 Å². The maximum atomic E-state index is 12.7. The van der Waals surface area contributed by atoms with Crippen molar-refractivity contribution >= 4 is 11.6 Å². The fourth-order valence-corrected chi connectivity index (χ4v) is 2.99. The number of aliphatic hydroxyl groups is 1. The predicted molar refractivity (Wildman–Crippen MR) is 103 cm³/mol. The number of hydrogen-bond acceptors (Lipinski definition) is 4. The van der Waals surface area contributed by atoms with E-state index in [0.29, 0.717) is 22.7 Å².